The van der Waals surface area contributed by atoms with Gasteiger partial charge in [-0.25, -0.2) is 14.8 Å². The molecule has 0 amide bonds. The van der Waals surface area contributed by atoms with Crippen LogP contribution in [-0.4, -0.2) is 25.4 Å². The Hall–Kier alpha value is -1.62. The average Bonchev–Trinajstić information content (AvgIpc) is 2.45. The molecule has 0 bridgehead atoms. The number of carboxylic acid groups (broad SMARTS) is 1. The zero-order valence-electron chi connectivity index (χ0n) is 6.31. The molecule has 0 aliphatic carbocycles. The van der Waals surface area contributed by atoms with Crippen LogP contribution in [0.3, 0.4) is 0 Å². The fraction of sp³-hybridized carbons (Fsp3) is 0. The molecule has 0 radical (unpaired) electrons. The van der Waals surface area contributed by atoms with Gasteiger partial charge in [-0.05, 0) is 6.07 Å². The minimum absolute atomic E-state index is 0.0654. The third-order valence-electron chi connectivity index (χ3n) is 1.55. The monoisotopic (exact) mass is 197 g/mol. The first-order chi connectivity index (χ1) is 6.20. The second-order valence-electron chi connectivity index (χ2n) is 2.35. The van der Waals surface area contributed by atoms with E-state index in [0.717, 1.165) is 0 Å². The van der Waals surface area contributed by atoms with Crippen LogP contribution in [-0.2, 0) is 0 Å². The van der Waals surface area contributed by atoms with Crippen molar-refractivity contribution in [2.75, 3.05) is 0 Å². The van der Waals surface area contributed by atoms with Gasteiger partial charge < -0.3 is 5.11 Å². The van der Waals surface area contributed by atoms with E-state index in [1.807, 2.05) is 0 Å². The molecule has 0 aromatic carbocycles. The van der Waals surface area contributed by atoms with Gasteiger partial charge in [0.25, 0.3) is 0 Å². The number of carbonyl (C=O) groups is 1. The van der Waals surface area contributed by atoms with E-state index in [0.29, 0.717) is 0 Å². The Balaban J connectivity index is 2.81. The molecule has 0 saturated carbocycles. The number of halogens is 1. The zero-order valence-corrected chi connectivity index (χ0v) is 7.06. The smallest absolute Gasteiger partial charge is 0.357 e. The lowest BCUT2D eigenvalue weighted by Gasteiger charge is -1.90. The summed E-state index contributed by atoms with van der Waals surface area (Å²) in [7, 11) is 0. The van der Waals surface area contributed by atoms with E-state index < -0.39 is 5.97 Å². The third kappa shape index (κ3) is 1.13. The highest BCUT2D eigenvalue weighted by molar-refractivity contribution is 6.32. The molecule has 2 rings (SSSR count). The van der Waals surface area contributed by atoms with E-state index in [4.69, 9.17) is 16.7 Å². The maximum Gasteiger partial charge on any atom is 0.357 e. The molecule has 0 fully saturated rings. The standard InChI is InChI=1S/C7H4ClN3O2/c8-5-4(6(12)13)10-7-9-2-1-3-11(5)7/h1-3H,(H,12,13). The van der Waals surface area contributed by atoms with Crippen molar-refractivity contribution in [3.8, 4) is 0 Å². The fourth-order valence-electron chi connectivity index (χ4n) is 0.995. The number of nitrogens with zero attached hydrogens (tertiary/aromatic N) is 3. The maximum atomic E-state index is 10.6. The summed E-state index contributed by atoms with van der Waals surface area (Å²) in [4.78, 5) is 18.2. The summed E-state index contributed by atoms with van der Waals surface area (Å²) in [6.07, 6.45) is 3.12. The lowest BCUT2D eigenvalue weighted by molar-refractivity contribution is 0.0691. The number of aromatic nitrogens is 3. The Bertz CT molecular complexity index is 480. The minimum atomic E-state index is -1.16. The number of fused-ring (bicyclic) bond motifs is 1. The summed E-state index contributed by atoms with van der Waals surface area (Å²) in [5.41, 5.74) is -0.180. The van der Waals surface area contributed by atoms with Crippen LogP contribution in [0, 0.1) is 0 Å². The van der Waals surface area contributed by atoms with Crippen LogP contribution in [0.1, 0.15) is 10.5 Å². The highest BCUT2D eigenvalue weighted by Gasteiger charge is 2.16. The topological polar surface area (TPSA) is 67.5 Å². The predicted octanol–water partition coefficient (Wildman–Crippen LogP) is 1.08. The van der Waals surface area contributed by atoms with E-state index in [1.165, 1.54) is 10.6 Å². The van der Waals surface area contributed by atoms with Crippen LogP contribution in [0.5, 0.6) is 0 Å². The SMILES string of the molecule is O=C(O)c1nc2ncccn2c1Cl. The number of rotatable bonds is 1. The van der Waals surface area contributed by atoms with Gasteiger partial charge in [-0.2, -0.15) is 0 Å². The summed E-state index contributed by atoms with van der Waals surface area (Å²) in [5, 5.41) is 8.74. The molecule has 0 atom stereocenters. The summed E-state index contributed by atoms with van der Waals surface area (Å²) >= 11 is 5.73. The molecular formula is C7H4ClN3O2. The Morgan fingerprint density at radius 3 is 3.00 bits per heavy atom. The van der Waals surface area contributed by atoms with Gasteiger partial charge >= 0.3 is 5.97 Å². The van der Waals surface area contributed by atoms with E-state index >= 15 is 0 Å². The molecule has 0 aliphatic heterocycles. The van der Waals surface area contributed by atoms with Gasteiger partial charge in [-0.1, -0.05) is 11.6 Å². The van der Waals surface area contributed by atoms with Crippen molar-refractivity contribution in [3.63, 3.8) is 0 Å². The maximum absolute atomic E-state index is 10.6. The number of hydrogen-bond donors (Lipinski definition) is 1. The number of carboxylic acids is 1. The molecule has 2 heterocycles. The second-order valence-corrected chi connectivity index (χ2v) is 2.70. The van der Waals surface area contributed by atoms with Gasteiger partial charge in [-0.3, -0.25) is 4.40 Å². The van der Waals surface area contributed by atoms with Crippen LogP contribution in [0.2, 0.25) is 5.15 Å². The average molecular weight is 198 g/mol. The third-order valence-corrected chi connectivity index (χ3v) is 1.91. The molecule has 0 unspecified atom stereocenters. The fourth-order valence-corrected chi connectivity index (χ4v) is 1.25. The van der Waals surface area contributed by atoms with Crippen molar-refractivity contribution in [1.29, 1.82) is 0 Å². The van der Waals surface area contributed by atoms with E-state index in [2.05, 4.69) is 9.97 Å². The van der Waals surface area contributed by atoms with Crippen LogP contribution >= 0.6 is 11.6 Å². The molecule has 0 aliphatic rings. The van der Waals surface area contributed by atoms with Crippen LogP contribution < -0.4 is 0 Å². The van der Waals surface area contributed by atoms with E-state index in [-0.39, 0.29) is 16.6 Å². The van der Waals surface area contributed by atoms with Crippen molar-refractivity contribution >= 4 is 23.3 Å². The van der Waals surface area contributed by atoms with Gasteiger partial charge in [0, 0.05) is 12.4 Å². The van der Waals surface area contributed by atoms with E-state index in [9.17, 15) is 4.79 Å². The second kappa shape index (κ2) is 2.70. The first-order valence-corrected chi connectivity index (χ1v) is 3.80. The molecular weight excluding hydrogens is 194 g/mol. The summed E-state index contributed by atoms with van der Waals surface area (Å²) in [6, 6.07) is 1.65. The van der Waals surface area contributed by atoms with E-state index in [1.54, 1.807) is 12.3 Å². The Labute approximate surface area is 77.6 Å². The molecule has 6 heteroatoms. The molecule has 0 spiro atoms. The highest BCUT2D eigenvalue weighted by atomic mass is 35.5. The minimum Gasteiger partial charge on any atom is -0.476 e. The van der Waals surface area contributed by atoms with Crippen molar-refractivity contribution < 1.29 is 9.90 Å². The quantitative estimate of drug-likeness (QED) is 0.743. The van der Waals surface area contributed by atoms with Gasteiger partial charge in [0.2, 0.25) is 5.78 Å². The Morgan fingerprint density at radius 2 is 2.38 bits per heavy atom. The van der Waals surface area contributed by atoms with Crippen LogP contribution in [0.25, 0.3) is 5.78 Å². The Morgan fingerprint density at radius 1 is 1.62 bits per heavy atom. The van der Waals surface area contributed by atoms with Gasteiger partial charge in [0.1, 0.15) is 5.15 Å². The molecule has 66 valence electrons. The van der Waals surface area contributed by atoms with Gasteiger partial charge in [0.15, 0.2) is 5.69 Å². The molecule has 0 saturated heterocycles. The largest absolute Gasteiger partial charge is 0.476 e. The van der Waals surface area contributed by atoms with Crippen LogP contribution in [0.15, 0.2) is 18.5 Å². The summed E-state index contributed by atoms with van der Waals surface area (Å²) in [5.74, 6) is -0.875. The molecule has 2 aromatic heterocycles. The predicted molar refractivity (Wildman–Crippen MR) is 45.0 cm³/mol. The molecule has 13 heavy (non-hydrogen) atoms. The van der Waals surface area contributed by atoms with Gasteiger partial charge in [-0.15, -0.1) is 0 Å². The van der Waals surface area contributed by atoms with Crippen molar-refractivity contribution in [3.05, 3.63) is 29.3 Å². The Kier molecular flexibility index (Phi) is 1.66. The lowest BCUT2D eigenvalue weighted by Crippen LogP contribution is -1.96. The van der Waals surface area contributed by atoms with Crippen molar-refractivity contribution in [2.24, 2.45) is 0 Å². The van der Waals surface area contributed by atoms with Crippen molar-refractivity contribution in [1.82, 2.24) is 14.4 Å². The molecule has 5 nitrogen and oxygen atoms in total. The van der Waals surface area contributed by atoms with Gasteiger partial charge in [0.05, 0.1) is 0 Å². The zero-order chi connectivity index (χ0) is 9.42. The highest BCUT2D eigenvalue weighted by Crippen LogP contribution is 2.16. The summed E-state index contributed by atoms with van der Waals surface area (Å²) in [6.45, 7) is 0. The molecule has 1 N–H and O–H groups in total. The summed E-state index contributed by atoms with van der Waals surface area (Å²) < 4.78 is 1.41. The normalized spacial score (nSPS) is 10.5. The van der Waals surface area contributed by atoms with Crippen molar-refractivity contribution in [2.45, 2.75) is 0 Å². The number of hydrogen-bond acceptors (Lipinski definition) is 3. The number of imidazole rings is 1. The first kappa shape index (κ1) is 8.00. The molecule has 2 aromatic rings. The van der Waals surface area contributed by atoms with Crippen LogP contribution in [0.4, 0.5) is 0 Å². The lowest BCUT2D eigenvalue weighted by atomic mass is 10.5. The number of aromatic carboxylic acids is 1. The first-order valence-electron chi connectivity index (χ1n) is 3.42.